The Hall–Kier alpha value is -1.31. The van der Waals surface area contributed by atoms with E-state index >= 15 is 0 Å². The lowest BCUT2D eigenvalue weighted by Gasteiger charge is -2.33. The van der Waals surface area contributed by atoms with Gasteiger partial charge in [-0.2, -0.15) is 0 Å². The molecule has 0 N–H and O–H groups in total. The van der Waals surface area contributed by atoms with Crippen LogP contribution in [0.1, 0.15) is 63.7 Å². The predicted molar refractivity (Wildman–Crippen MR) is 82.3 cm³/mol. The number of ether oxygens (including phenoxy) is 1. The summed E-state index contributed by atoms with van der Waals surface area (Å²) in [5.74, 6) is 1.27. The quantitative estimate of drug-likeness (QED) is 0.732. The second-order valence-corrected chi connectivity index (χ2v) is 7.00. The van der Waals surface area contributed by atoms with E-state index in [1.165, 1.54) is 0 Å². The molecule has 0 unspecified atom stereocenters. The van der Waals surface area contributed by atoms with Gasteiger partial charge in [0, 0.05) is 11.5 Å². The fraction of sp³-hybridized carbons (Fsp3) is 0.611. The molecule has 0 amide bonds. The number of carbonyl (C=O) groups is 1. The number of rotatable bonds is 4. The zero-order valence-electron chi connectivity index (χ0n) is 13.1. The minimum Gasteiger partial charge on any atom is -0.491 e. The maximum atomic E-state index is 12.6. The standard InChI is InChI=1S/C18H26O2/c1-13(2)20-16-7-5-6-15(12-16)17(19)14-8-10-18(3,4)11-9-14/h5-7,12-14H,8-11H2,1-4H3. The van der Waals surface area contributed by atoms with E-state index in [0.717, 1.165) is 37.0 Å². The van der Waals surface area contributed by atoms with Gasteiger partial charge in [0.25, 0.3) is 0 Å². The van der Waals surface area contributed by atoms with Crippen LogP contribution in [0.2, 0.25) is 0 Å². The summed E-state index contributed by atoms with van der Waals surface area (Å²) in [6.07, 6.45) is 4.45. The Morgan fingerprint density at radius 1 is 1.25 bits per heavy atom. The van der Waals surface area contributed by atoms with E-state index in [-0.39, 0.29) is 17.8 Å². The second kappa shape index (κ2) is 5.99. The number of benzene rings is 1. The number of hydrogen-bond donors (Lipinski definition) is 0. The van der Waals surface area contributed by atoms with Crippen LogP contribution >= 0.6 is 0 Å². The summed E-state index contributed by atoms with van der Waals surface area (Å²) in [7, 11) is 0. The molecule has 2 heteroatoms. The topological polar surface area (TPSA) is 26.3 Å². The van der Waals surface area contributed by atoms with Crippen molar-refractivity contribution in [1.82, 2.24) is 0 Å². The van der Waals surface area contributed by atoms with Crippen LogP contribution in [-0.2, 0) is 0 Å². The van der Waals surface area contributed by atoms with Gasteiger partial charge in [-0.1, -0.05) is 26.0 Å². The molecule has 0 spiro atoms. The SMILES string of the molecule is CC(C)Oc1cccc(C(=O)C2CCC(C)(C)CC2)c1. The van der Waals surface area contributed by atoms with Gasteiger partial charge in [-0.25, -0.2) is 0 Å². The molecule has 1 aromatic rings. The molecule has 1 aromatic carbocycles. The summed E-state index contributed by atoms with van der Waals surface area (Å²) in [5.41, 5.74) is 1.20. The van der Waals surface area contributed by atoms with Gasteiger partial charge in [0.2, 0.25) is 0 Å². The van der Waals surface area contributed by atoms with E-state index in [0.29, 0.717) is 5.41 Å². The Kier molecular flexibility index (Phi) is 4.52. The molecule has 0 heterocycles. The molecule has 2 rings (SSSR count). The number of carbonyl (C=O) groups excluding carboxylic acids is 1. The molecule has 110 valence electrons. The maximum Gasteiger partial charge on any atom is 0.166 e. The molecule has 0 aliphatic heterocycles. The molecule has 0 atom stereocenters. The molecule has 0 saturated heterocycles. The number of ketones is 1. The van der Waals surface area contributed by atoms with Gasteiger partial charge in [0.05, 0.1) is 6.10 Å². The summed E-state index contributed by atoms with van der Waals surface area (Å²) in [5, 5.41) is 0. The average molecular weight is 274 g/mol. The third-order valence-electron chi connectivity index (χ3n) is 4.20. The van der Waals surface area contributed by atoms with Gasteiger partial charge in [-0.05, 0) is 57.1 Å². The minimum atomic E-state index is 0.135. The smallest absolute Gasteiger partial charge is 0.166 e. The molecule has 2 nitrogen and oxygen atoms in total. The number of hydrogen-bond acceptors (Lipinski definition) is 2. The first-order valence-corrected chi connectivity index (χ1v) is 7.68. The van der Waals surface area contributed by atoms with Gasteiger partial charge < -0.3 is 4.74 Å². The van der Waals surface area contributed by atoms with Crippen LogP contribution in [0.15, 0.2) is 24.3 Å². The Morgan fingerprint density at radius 3 is 2.50 bits per heavy atom. The normalized spacial score (nSPS) is 19.1. The highest BCUT2D eigenvalue weighted by Gasteiger charge is 2.31. The van der Waals surface area contributed by atoms with Crippen LogP contribution < -0.4 is 4.74 Å². The minimum absolute atomic E-state index is 0.135. The maximum absolute atomic E-state index is 12.6. The fourth-order valence-electron chi connectivity index (χ4n) is 2.89. The molecule has 0 aromatic heterocycles. The van der Waals surface area contributed by atoms with E-state index < -0.39 is 0 Å². The summed E-state index contributed by atoms with van der Waals surface area (Å²) in [6.45, 7) is 8.59. The molecule has 1 aliphatic carbocycles. The summed E-state index contributed by atoms with van der Waals surface area (Å²) in [4.78, 5) is 12.6. The van der Waals surface area contributed by atoms with Crippen molar-refractivity contribution in [1.29, 1.82) is 0 Å². The van der Waals surface area contributed by atoms with Crippen LogP contribution in [0.25, 0.3) is 0 Å². The van der Waals surface area contributed by atoms with Crippen LogP contribution in [-0.4, -0.2) is 11.9 Å². The summed E-state index contributed by atoms with van der Waals surface area (Å²) in [6, 6.07) is 7.63. The molecular formula is C18H26O2. The van der Waals surface area contributed by atoms with E-state index in [2.05, 4.69) is 13.8 Å². The number of Topliss-reactive ketones (excluding diaryl/α,β-unsaturated/α-hetero) is 1. The second-order valence-electron chi connectivity index (χ2n) is 7.00. The van der Waals surface area contributed by atoms with Gasteiger partial charge in [-0.3, -0.25) is 4.79 Å². The van der Waals surface area contributed by atoms with E-state index in [4.69, 9.17) is 4.74 Å². The van der Waals surface area contributed by atoms with Crippen LogP contribution in [0.4, 0.5) is 0 Å². The van der Waals surface area contributed by atoms with Gasteiger partial charge in [0.1, 0.15) is 5.75 Å². The fourth-order valence-corrected chi connectivity index (χ4v) is 2.89. The third kappa shape index (κ3) is 3.84. The lowest BCUT2D eigenvalue weighted by Crippen LogP contribution is -2.26. The highest BCUT2D eigenvalue weighted by Crippen LogP contribution is 2.39. The molecule has 1 aliphatic rings. The molecular weight excluding hydrogens is 248 g/mol. The molecule has 1 saturated carbocycles. The van der Waals surface area contributed by atoms with Crippen molar-refractivity contribution < 1.29 is 9.53 Å². The molecule has 20 heavy (non-hydrogen) atoms. The molecule has 1 fully saturated rings. The van der Waals surface area contributed by atoms with Crippen molar-refractivity contribution >= 4 is 5.78 Å². The molecule has 0 bridgehead atoms. The Morgan fingerprint density at radius 2 is 1.90 bits per heavy atom. The highest BCUT2D eigenvalue weighted by atomic mass is 16.5. The van der Waals surface area contributed by atoms with Crippen molar-refractivity contribution in [2.45, 2.75) is 59.5 Å². The van der Waals surface area contributed by atoms with Gasteiger partial charge >= 0.3 is 0 Å². The molecule has 0 radical (unpaired) electrons. The summed E-state index contributed by atoms with van der Waals surface area (Å²) >= 11 is 0. The van der Waals surface area contributed by atoms with Crippen molar-refractivity contribution in [2.24, 2.45) is 11.3 Å². The van der Waals surface area contributed by atoms with Crippen LogP contribution in [0.3, 0.4) is 0 Å². The lowest BCUT2D eigenvalue weighted by atomic mass is 9.71. The lowest BCUT2D eigenvalue weighted by molar-refractivity contribution is 0.0837. The zero-order valence-corrected chi connectivity index (χ0v) is 13.1. The average Bonchev–Trinajstić information content (AvgIpc) is 2.37. The zero-order chi connectivity index (χ0) is 14.8. The third-order valence-corrected chi connectivity index (χ3v) is 4.20. The van der Waals surface area contributed by atoms with Crippen molar-refractivity contribution in [2.75, 3.05) is 0 Å². The van der Waals surface area contributed by atoms with Crippen molar-refractivity contribution in [3.05, 3.63) is 29.8 Å². The van der Waals surface area contributed by atoms with E-state index in [9.17, 15) is 4.79 Å². The first-order chi connectivity index (χ1) is 9.37. The Balaban J connectivity index is 2.06. The predicted octanol–water partition coefficient (Wildman–Crippen LogP) is 4.87. The van der Waals surface area contributed by atoms with Gasteiger partial charge in [0.15, 0.2) is 5.78 Å². The van der Waals surface area contributed by atoms with E-state index in [1.807, 2.05) is 38.1 Å². The van der Waals surface area contributed by atoms with Gasteiger partial charge in [-0.15, -0.1) is 0 Å². The highest BCUT2D eigenvalue weighted by molar-refractivity contribution is 5.98. The van der Waals surface area contributed by atoms with E-state index in [1.54, 1.807) is 0 Å². The van der Waals surface area contributed by atoms with Crippen molar-refractivity contribution in [3.8, 4) is 5.75 Å². The summed E-state index contributed by atoms with van der Waals surface area (Å²) < 4.78 is 5.67. The first-order valence-electron chi connectivity index (χ1n) is 7.68. The first kappa shape index (κ1) is 15.1. The monoisotopic (exact) mass is 274 g/mol. The van der Waals surface area contributed by atoms with Crippen LogP contribution in [0.5, 0.6) is 5.75 Å². The van der Waals surface area contributed by atoms with Crippen molar-refractivity contribution in [3.63, 3.8) is 0 Å². The largest absolute Gasteiger partial charge is 0.491 e. The Bertz CT molecular complexity index is 464. The van der Waals surface area contributed by atoms with Crippen LogP contribution in [0, 0.1) is 11.3 Å². The Labute approximate surface area is 122 Å².